The number of carboxylic acids is 1. The Morgan fingerprint density at radius 2 is 2.42 bits per heavy atom. The van der Waals surface area contributed by atoms with Gasteiger partial charge in [0.05, 0.1) is 4.05 Å². The minimum atomic E-state index is -0.681. The molecule has 0 radical (unpaired) electrons. The van der Waals surface area contributed by atoms with Crippen LogP contribution in [-0.4, -0.2) is 33.1 Å². The zero-order valence-corrected chi connectivity index (χ0v) is 9.16. The molecule has 1 rings (SSSR count). The summed E-state index contributed by atoms with van der Waals surface area (Å²) in [6.45, 7) is 2.09. The van der Waals surface area contributed by atoms with Crippen LogP contribution in [0, 0.1) is 0 Å². The summed E-state index contributed by atoms with van der Waals surface area (Å²) in [7, 11) is 0. The first-order valence-corrected chi connectivity index (χ1v) is 5.54. The van der Waals surface area contributed by atoms with Crippen molar-refractivity contribution < 1.29 is 9.90 Å². The van der Waals surface area contributed by atoms with Gasteiger partial charge in [-0.15, -0.1) is 0 Å². The van der Waals surface area contributed by atoms with Crippen molar-refractivity contribution >= 4 is 28.6 Å². The number of hydrogen-bond donors (Lipinski definition) is 1. The van der Waals surface area contributed by atoms with Crippen LogP contribution in [0.5, 0.6) is 0 Å². The predicted molar refractivity (Wildman–Crippen MR) is 55.5 cm³/mol. The molecule has 3 nitrogen and oxygen atoms in total. The molecule has 4 heteroatoms. The van der Waals surface area contributed by atoms with Gasteiger partial charge in [0.2, 0.25) is 0 Å². The maximum atomic E-state index is 10.2. The zero-order chi connectivity index (χ0) is 8.97. The molecule has 0 bridgehead atoms. The first-order chi connectivity index (χ1) is 5.70. The smallest absolute Gasteiger partial charge is 0.303 e. The average Bonchev–Trinajstić information content (AvgIpc) is 2.36. The molecule has 0 saturated carbocycles. The molecule has 1 N–H and O–H groups in total. The fraction of sp³-hybridized carbons (Fsp3) is 0.875. The van der Waals surface area contributed by atoms with Gasteiger partial charge < -0.3 is 5.11 Å². The van der Waals surface area contributed by atoms with E-state index in [2.05, 4.69) is 27.5 Å². The highest BCUT2D eigenvalue weighted by Crippen LogP contribution is 2.22. The minimum absolute atomic E-state index is 0.305. The van der Waals surface area contributed by atoms with Crippen LogP contribution in [-0.2, 0) is 4.79 Å². The largest absolute Gasteiger partial charge is 0.481 e. The molecule has 1 saturated heterocycles. The number of nitrogens with zero attached hydrogens (tertiary/aromatic N) is 1. The van der Waals surface area contributed by atoms with Crippen LogP contribution < -0.4 is 0 Å². The Morgan fingerprint density at radius 1 is 1.67 bits per heavy atom. The Bertz CT molecular complexity index is 163. The van der Waals surface area contributed by atoms with Gasteiger partial charge in [-0.3, -0.25) is 9.69 Å². The van der Waals surface area contributed by atoms with Crippen LogP contribution in [0.15, 0.2) is 0 Å². The number of aliphatic carboxylic acids is 1. The number of rotatable bonds is 4. The Balaban J connectivity index is 2.10. The van der Waals surface area contributed by atoms with Gasteiger partial charge in [0.25, 0.3) is 0 Å². The highest BCUT2D eigenvalue weighted by molar-refractivity contribution is 14.1. The fourth-order valence-corrected chi connectivity index (χ4v) is 2.47. The summed E-state index contributed by atoms with van der Waals surface area (Å²) in [6, 6.07) is 0. The molecule has 1 atom stereocenters. The van der Waals surface area contributed by atoms with Crippen LogP contribution in [0.4, 0.5) is 0 Å². The van der Waals surface area contributed by atoms with Crippen molar-refractivity contribution in [2.45, 2.75) is 29.7 Å². The second-order valence-electron chi connectivity index (χ2n) is 3.11. The van der Waals surface area contributed by atoms with E-state index in [1.807, 2.05) is 0 Å². The number of carboxylic acid groups (broad SMARTS) is 1. The van der Waals surface area contributed by atoms with Gasteiger partial charge in [-0.05, 0) is 32.4 Å². The van der Waals surface area contributed by atoms with E-state index >= 15 is 0 Å². The van der Waals surface area contributed by atoms with Crippen molar-refractivity contribution in [3.63, 3.8) is 0 Å². The zero-order valence-electron chi connectivity index (χ0n) is 7.00. The molecule has 1 aliphatic rings. The Morgan fingerprint density at radius 3 is 2.92 bits per heavy atom. The molecular formula is C8H14INO2. The predicted octanol–water partition coefficient (Wildman–Crippen LogP) is 1.71. The quantitative estimate of drug-likeness (QED) is 0.485. The van der Waals surface area contributed by atoms with Crippen molar-refractivity contribution in [1.82, 2.24) is 4.90 Å². The third kappa shape index (κ3) is 3.26. The minimum Gasteiger partial charge on any atom is -0.481 e. The summed E-state index contributed by atoms with van der Waals surface area (Å²) in [4.78, 5) is 12.6. The standard InChI is InChI=1S/C8H14INO2/c9-7-3-1-5-10(7)6-2-4-8(11)12/h7H,1-6H2,(H,11,12). The van der Waals surface area contributed by atoms with E-state index in [9.17, 15) is 4.79 Å². The summed E-state index contributed by atoms with van der Waals surface area (Å²) in [5.41, 5.74) is 0. The van der Waals surface area contributed by atoms with Gasteiger partial charge in [-0.1, -0.05) is 22.6 Å². The van der Waals surface area contributed by atoms with Gasteiger partial charge in [0, 0.05) is 6.42 Å². The van der Waals surface area contributed by atoms with E-state index in [0.29, 0.717) is 10.5 Å². The fourth-order valence-electron chi connectivity index (χ4n) is 1.47. The molecule has 0 spiro atoms. The van der Waals surface area contributed by atoms with E-state index in [4.69, 9.17) is 5.11 Å². The second-order valence-corrected chi connectivity index (χ2v) is 4.55. The highest BCUT2D eigenvalue weighted by Gasteiger charge is 2.20. The Labute approximate surface area is 86.3 Å². The third-order valence-electron chi connectivity index (χ3n) is 2.12. The highest BCUT2D eigenvalue weighted by atomic mass is 127. The molecule has 1 heterocycles. The number of carbonyl (C=O) groups is 1. The number of halogens is 1. The van der Waals surface area contributed by atoms with Gasteiger partial charge >= 0.3 is 5.97 Å². The van der Waals surface area contributed by atoms with E-state index in [1.54, 1.807) is 0 Å². The maximum absolute atomic E-state index is 10.2. The normalized spacial score (nSPS) is 24.6. The van der Waals surface area contributed by atoms with Crippen LogP contribution in [0.3, 0.4) is 0 Å². The topological polar surface area (TPSA) is 40.5 Å². The van der Waals surface area contributed by atoms with Gasteiger partial charge in [0.15, 0.2) is 0 Å². The van der Waals surface area contributed by atoms with E-state index in [1.165, 1.54) is 12.8 Å². The van der Waals surface area contributed by atoms with Crippen molar-refractivity contribution in [2.24, 2.45) is 0 Å². The van der Waals surface area contributed by atoms with Crippen molar-refractivity contribution in [1.29, 1.82) is 0 Å². The number of hydrogen-bond acceptors (Lipinski definition) is 2. The van der Waals surface area contributed by atoms with Crippen LogP contribution in [0.2, 0.25) is 0 Å². The molecule has 12 heavy (non-hydrogen) atoms. The molecule has 0 aromatic carbocycles. The lowest BCUT2D eigenvalue weighted by molar-refractivity contribution is -0.137. The SMILES string of the molecule is O=C(O)CCCN1CCCC1I. The molecule has 1 unspecified atom stereocenters. The number of likely N-dealkylation sites (tertiary alicyclic amines) is 1. The molecule has 0 aromatic heterocycles. The lowest BCUT2D eigenvalue weighted by atomic mass is 10.3. The summed E-state index contributed by atoms with van der Waals surface area (Å²) in [5, 5.41) is 8.43. The Kier molecular flexibility index (Phi) is 4.28. The third-order valence-corrected chi connectivity index (χ3v) is 3.53. The molecule has 1 aliphatic heterocycles. The second kappa shape index (κ2) is 5.01. The molecule has 70 valence electrons. The molecule has 0 aromatic rings. The van der Waals surface area contributed by atoms with Gasteiger partial charge in [-0.25, -0.2) is 0 Å². The first-order valence-electron chi connectivity index (χ1n) is 4.30. The first kappa shape index (κ1) is 10.2. The van der Waals surface area contributed by atoms with Crippen molar-refractivity contribution in [2.75, 3.05) is 13.1 Å². The van der Waals surface area contributed by atoms with E-state index < -0.39 is 5.97 Å². The maximum Gasteiger partial charge on any atom is 0.303 e. The lowest BCUT2D eigenvalue weighted by Gasteiger charge is -2.18. The molecular weight excluding hydrogens is 269 g/mol. The number of alkyl halides is 1. The summed E-state index contributed by atoms with van der Waals surface area (Å²) in [6.07, 6.45) is 3.61. The Hall–Kier alpha value is 0.160. The van der Waals surface area contributed by atoms with Gasteiger partial charge in [0.1, 0.15) is 0 Å². The molecule has 1 fully saturated rings. The van der Waals surface area contributed by atoms with Crippen molar-refractivity contribution in [3.8, 4) is 0 Å². The van der Waals surface area contributed by atoms with Crippen LogP contribution in [0.1, 0.15) is 25.7 Å². The summed E-state index contributed by atoms with van der Waals surface area (Å²) in [5.74, 6) is -0.681. The van der Waals surface area contributed by atoms with Crippen molar-refractivity contribution in [3.05, 3.63) is 0 Å². The monoisotopic (exact) mass is 283 g/mol. The van der Waals surface area contributed by atoms with E-state index in [0.717, 1.165) is 19.5 Å². The summed E-state index contributed by atoms with van der Waals surface area (Å²) >= 11 is 2.43. The summed E-state index contributed by atoms with van der Waals surface area (Å²) < 4.78 is 0.636. The van der Waals surface area contributed by atoms with Crippen LogP contribution >= 0.6 is 22.6 Å². The molecule has 0 amide bonds. The molecule has 0 aliphatic carbocycles. The van der Waals surface area contributed by atoms with Crippen LogP contribution in [0.25, 0.3) is 0 Å². The lowest BCUT2D eigenvalue weighted by Crippen LogP contribution is -2.26. The van der Waals surface area contributed by atoms with E-state index in [-0.39, 0.29) is 0 Å². The average molecular weight is 283 g/mol. The van der Waals surface area contributed by atoms with Gasteiger partial charge in [-0.2, -0.15) is 0 Å².